The van der Waals surface area contributed by atoms with E-state index in [0.29, 0.717) is 5.16 Å². The minimum absolute atomic E-state index is 0.0297. The van der Waals surface area contributed by atoms with Crippen LogP contribution in [-0.4, -0.2) is 26.4 Å². The van der Waals surface area contributed by atoms with Crippen molar-refractivity contribution in [2.24, 2.45) is 7.05 Å². The van der Waals surface area contributed by atoms with Crippen LogP contribution in [0.25, 0.3) is 0 Å². The summed E-state index contributed by atoms with van der Waals surface area (Å²) in [5, 5.41) is 10.6. The van der Waals surface area contributed by atoms with Crippen molar-refractivity contribution in [1.29, 1.82) is 0 Å². The van der Waals surface area contributed by atoms with Crippen molar-refractivity contribution < 1.29 is 13.6 Å². The first-order valence-corrected chi connectivity index (χ1v) is 6.69. The molecule has 0 atom stereocenters. The molecule has 0 unspecified atom stereocenters. The number of anilines is 1. The predicted octanol–water partition coefficient (Wildman–Crippen LogP) is 2.13. The molecule has 0 fully saturated rings. The first kappa shape index (κ1) is 14.4. The van der Waals surface area contributed by atoms with Crippen molar-refractivity contribution in [3.8, 4) is 0 Å². The predicted molar refractivity (Wildman–Crippen MR) is 71.5 cm³/mol. The van der Waals surface area contributed by atoms with Crippen molar-refractivity contribution >= 4 is 23.4 Å². The molecular weight excluding hydrogens is 286 g/mol. The molecule has 2 rings (SSSR count). The summed E-state index contributed by atoms with van der Waals surface area (Å²) in [5.41, 5.74) is -0.176. The monoisotopic (exact) mass is 298 g/mol. The number of nitrogens with one attached hydrogen (secondary N) is 1. The smallest absolute Gasteiger partial charge is 0.234 e. The number of amides is 1. The largest absolute Gasteiger partial charge is 0.323 e. The summed E-state index contributed by atoms with van der Waals surface area (Å²) in [6, 6.07) is 2.89. The van der Waals surface area contributed by atoms with E-state index in [2.05, 4.69) is 15.5 Å². The van der Waals surface area contributed by atoms with Crippen LogP contribution < -0.4 is 5.32 Å². The molecule has 0 aliphatic carbocycles. The zero-order valence-corrected chi connectivity index (χ0v) is 11.7. The van der Waals surface area contributed by atoms with Crippen molar-refractivity contribution in [2.45, 2.75) is 12.1 Å². The number of hydrogen-bond donors (Lipinski definition) is 1. The summed E-state index contributed by atoms with van der Waals surface area (Å²) in [6.45, 7) is 1.79. The third kappa shape index (κ3) is 3.32. The zero-order valence-electron chi connectivity index (χ0n) is 10.9. The summed E-state index contributed by atoms with van der Waals surface area (Å²) in [5.74, 6) is -0.983. The molecule has 0 aliphatic heterocycles. The number of carbonyl (C=O) groups is 1. The van der Waals surface area contributed by atoms with Crippen LogP contribution in [0.3, 0.4) is 0 Å². The van der Waals surface area contributed by atoms with Crippen molar-refractivity contribution in [1.82, 2.24) is 14.8 Å². The van der Waals surface area contributed by atoms with Crippen LogP contribution in [0.2, 0.25) is 0 Å². The van der Waals surface area contributed by atoms with Crippen LogP contribution in [0.1, 0.15) is 5.82 Å². The SMILES string of the molecule is Cc1nnc(SCC(=O)Nc2cc(F)ccc2F)n1C. The van der Waals surface area contributed by atoms with Gasteiger partial charge in [0.2, 0.25) is 5.91 Å². The second kappa shape index (κ2) is 6.00. The second-order valence-corrected chi connectivity index (χ2v) is 4.99. The average molecular weight is 298 g/mol. The van der Waals surface area contributed by atoms with Gasteiger partial charge in [0.15, 0.2) is 5.16 Å². The molecule has 1 amide bonds. The third-order valence-corrected chi connectivity index (χ3v) is 3.61. The molecule has 8 heteroatoms. The molecule has 0 spiro atoms. The summed E-state index contributed by atoms with van der Waals surface area (Å²) in [7, 11) is 1.78. The van der Waals surface area contributed by atoms with E-state index in [1.54, 1.807) is 18.5 Å². The lowest BCUT2D eigenvalue weighted by molar-refractivity contribution is -0.113. The zero-order chi connectivity index (χ0) is 14.7. The normalized spacial score (nSPS) is 10.6. The summed E-state index contributed by atoms with van der Waals surface area (Å²) in [6.07, 6.45) is 0. The minimum Gasteiger partial charge on any atom is -0.323 e. The van der Waals surface area contributed by atoms with Gasteiger partial charge >= 0.3 is 0 Å². The van der Waals surface area contributed by atoms with E-state index in [0.717, 1.165) is 24.0 Å². The van der Waals surface area contributed by atoms with Gasteiger partial charge in [0.05, 0.1) is 11.4 Å². The Balaban J connectivity index is 1.96. The molecule has 0 saturated heterocycles. The number of carbonyl (C=O) groups excluding carboxylic acids is 1. The Hall–Kier alpha value is -1.96. The highest BCUT2D eigenvalue weighted by atomic mass is 32.2. The van der Waals surface area contributed by atoms with Gasteiger partial charge in [0, 0.05) is 13.1 Å². The van der Waals surface area contributed by atoms with Crippen molar-refractivity contribution in [3.63, 3.8) is 0 Å². The molecule has 0 bridgehead atoms. The van der Waals surface area contributed by atoms with Gasteiger partial charge in [-0.05, 0) is 19.1 Å². The Morgan fingerprint density at radius 3 is 2.80 bits per heavy atom. The first-order valence-electron chi connectivity index (χ1n) is 5.71. The molecule has 0 saturated carbocycles. The maximum Gasteiger partial charge on any atom is 0.234 e. The molecule has 0 radical (unpaired) electrons. The van der Waals surface area contributed by atoms with Crippen LogP contribution >= 0.6 is 11.8 Å². The second-order valence-electron chi connectivity index (χ2n) is 4.05. The quantitative estimate of drug-likeness (QED) is 0.879. The number of aromatic nitrogens is 3. The van der Waals surface area contributed by atoms with Gasteiger partial charge in [-0.2, -0.15) is 0 Å². The van der Waals surface area contributed by atoms with Gasteiger partial charge < -0.3 is 9.88 Å². The highest BCUT2D eigenvalue weighted by Gasteiger charge is 2.11. The minimum atomic E-state index is -0.681. The third-order valence-electron chi connectivity index (χ3n) is 2.59. The van der Waals surface area contributed by atoms with Crippen LogP contribution in [0.15, 0.2) is 23.4 Å². The van der Waals surface area contributed by atoms with Gasteiger partial charge in [0.1, 0.15) is 17.5 Å². The molecular formula is C12H12F2N4OS. The Morgan fingerprint density at radius 2 is 2.15 bits per heavy atom. The lowest BCUT2D eigenvalue weighted by Gasteiger charge is -2.06. The molecule has 1 heterocycles. The number of halogens is 2. The lowest BCUT2D eigenvalue weighted by atomic mass is 10.3. The molecule has 0 aliphatic rings. The van der Waals surface area contributed by atoms with E-state index in [1.165, 1.54) is 11.8 Å². The number of aryl methyl sites for hydroxylation is 1. The highest BCUT2D eigenvalue weighted by molar-refractivity contribution is 7.99. The molecule has 106 valence electrons. The fourth-order valence-corrected chi connectivity index (χ4v) is 2.18. The fourth-order valence-electron chi connectivity index (χ4n) is 1.42. The van der Waals surface area contributed by atoms with Gasteiger partial charge in [-0.3, -0.25) is 4.79 Å². The summed E-state index contributed by atoms with van der Waals surface area (Å²) < 4.78 is 28.0. The van der Waals surface area contributed by atoms with E-state index in [4.69, 9.17) is 0 Å². The number of hydrogen-bond acceptors (Lipinski definition) is 4. The van der Waals surface area contributed by atoms with E-state index >= 15 is 0 Å². The summed E-state index contributed by atoms with van der Waals surface area (Å²) in [4.78, 5) is 11.7. The van der Waals surface area contributed by atoms with Crippen molar-refractivity contribution in [3.05, 3.63) is 35.7 Å². The molecule has 20 heavy (non-hydrogen) atoms. The van der Waals surface area contributed by atoms with Crippen molar-refractivity contribution in [2.75, 3.05) is 11.1 Å². The van der Waals surface area contributed by atoms with Gasteiger partial charge in [-0.25, -0.2) is 8.78 Å². The van der Waals surface area contributed by atoms with E-state index in [1.807, 2.05) is 0 Å². The van der Waals surface area contributed by atoms with Crippen LogP contribution in [0.5, 0.6) is 0 Å². The number of thioether (sulfide) groups is 1. The van der Waals surface area contributed by atoms with Crippen LogP contribution in [-0.2, 0) is 11.8 Å². The van der Waals surface area contributed by atoms with Gasteiger partial charge in [0.25, 0.3) is 0 Å². The van der Waals surface area contributed by atoms with Gasteiger partial charge in [-0.15, -0.1) is 10.2 Å². The van der Waals surface area contributed by atoms with E-state index in [9.17, 15) is 13.6 Å². The standard InChI is InChI=1S/C12H12F2N4OS/c1-7-16-17-12(18(7)2)20-6-11(19)15-10-5-8(13)3-4-9(10)14/h3-5H,6H2,1-2H3,(H,15,19). The number of nitrogens with zero attached hydrogens (tertiary/aromatic N) is 3. The maximum atomic E-state index is 13.3. The first-order chi connectivity index (χ1) is 9.47. The molecule has 5 nitrogen and oxygen atoms in total. The highest BCUT2D eigenvalue weighted by Crippen LogP contribution is 2.18. The topological polar surface area (TPSA) is 59.8 Å². The van der Waals surface area contributed by atoms with E-state index in [-0.39, 0.29) is 11.4 Å². The number of benzene rings is 1. The average Bonchev–Trinajstić information content (AvgIpc) is 2.72. The Labute approximate surface area is 118 Å². The lowest BCUT2D eigenvalue weighted by Crippen LogP contribution is -2.15. The molecule has 2 aromatic rings. The van der Waals surface area contributed by atoms with Gasteiger partial charge in [-0.1, -0.05) is 11.8 Å². The van der Waals surface area contributed by atoms with Crippen LogP contribution in [0.4, 0.5) is 14.5 Å². The molecule has 1 N–H and O–H groups in total. The maximum absolute atomic E-state index is 13.3. The Kier molecular flexibility index (Phi) is 4.33. The molecule has 1 aromatic carbocycles. The van der Waals surface area contributed by atoms with E-state index < -0.39 is 17.5 Å². The Bertz CT molecular complexity index is 644. The Morgan fingerprint density at radius 1 is 1.40 bits per heavy atom. The number of rotatable bonds is 4. The van der Waals surface area contributed by atoms with Crippen LogP contribution in [0, 0.1) is 18.6 Å². The molecule has 1 aromatic heterocycles. The fraction of sp³-hybridized carbons (Fsp3) is 0.250. The summed E-state index contributed by atoms with van der Waals surface area (Å²) >= 11 is 1.17.